The van der Waals surface area contributed by atoms with Crippen LogP contribution in [0.1, 0.15) is 17.5 Å². The lowest BCUT2D eigenvalue weighted by atomic mass is 10.1. The topological polar surface area (TPSA) is 70.2 Å². The van der Waals surface area contributed by atoms with Crippen LogP contribution in [0.25, 0.3) is 10.8 Å². The predicted octanol–water partition coefficient (Wildman–Crippen LogP) is 5.42. The molecule has 1 aliphatic heterocycles. The lowest BCUT2D eigenvalue weighted by Crippen LogP contribution is -2.51. The standard InChI is InChI=1S/C32H35N3O4S2/c1-33(21-24-9-5-4-6-10-24)34(2)32(36)31-20-29(40-23-25-13-16-28(39-3)17-14-25)22-35(31)41(37,38)30-18-15-26-11-7-8-12-27(26)19-30/h4-19,29,31H,20-23H2,1-3H3/t29-,31+/m1/s1. The number of carbonyl (C=O) groups is 1. The summed E-state index contributed by atoms with van der Waals surface area (Å²) in [5, 5.41) is 5.17. The van der Waals surface area contributed by atoms with E-state index in [0.717, 1.165) is 27.6 Å². The van der Waals surface area contributed by atoms with Crippen molar-refractivity contribution in [2.24, 2.45) is 0 Å². The maximum Gasteiger partial charge on any atom is 0.255 e. The molecule has 214 valence electrons. The van der Waals surface area contributed by atoms with Crippen molar-refractivity contribution < 1.29 is 17.9 Å². The summed E-state index contributed by atoms with van der Waals surface area (Å²) in [5.74, 6) is 1.27. The summed E-state index contributed by atoms with van der Waals surface area (Å²) >= 11 is 1.68. The minimum atomic E-state index is -3.93. The highest BCUT2D eigenvalue weighted by Crippen LogP contribution is 2.35. The largest absolute Gasteiger partial charge is 0.497 e. The Morgan fingerprint density at radius 3 is 2.29 bits per heavy atom. The van der Waals surface area contributed by atoms with E-state index in [9.17, 15) is 13.2 Å². The lowest BCUT2D eigenvalue weighted by Gasteiger charge is -2.33. The van der Waals surface area contributed by atoms with Crippen LogP contribution >= 0.6 is 11.8 Å². The highest BCUT2D eigenvalue weighted by Gasteiger charge is 2.45. The van der Waals surface area contributed by atoms with Crippen LogP contribution in [-0.4, -0.2) is 67.7 Å². The molecule has 0 unspecified atom stereocenters. The van der Waals surface area contributed by atoms with Gasteiger partial charge in [0, 0.05) is 38.2 Å². The van der Waals surface area contributed by atoms with E-state index in [1.807, 2.05) is 97.0 Å². The molecule has 2 atom stereocenters. The number of methoxy groups -OCH3 is 1. The zero-order valence-electron chi connectivity index (χ0n) is 23.5. The third kappa shape index (κ3) is 6.59. The Balaban J connectivity index is 1.39. The molecular weight excluding hydrogens is 555 g/mol. The number of rotatable bonds is 10. The number of hydrazine groups is 1. The maximum atomic E-state index is 14.1. The van der Waals surface area contributed by atoms with Gasteiger partial charge in [-0.25, -0.2) is 13.4 Å². The molecule has 1 amide bonds. The summed E-state index contributed by atoms with van der Waals surface area (Å²) in [5.41, 5.74) is 2.18. The number of nitrogens with zero attached hydrogens (tertiary/aromatic N) is 3. The number of carbonyl (C=O) groups excluding carboxylic acids is 1. The lowest BCUT2D eigenvalue weighted by molar-refractivity contribution is -0.148. The summed E-state index contributed by atoms with van der Waals surface area (Å²) in [6.07, 6.45) is 0.440. The summed E-state index contributed by atoms with van der Waals surface area (Å²) in [4.78, 5) is 14.1. The van der Waals surface area contributed by atoms with Crippen LogP contribution in [0.3, 0.4) is 0 Å². The van der Waals surface area contributed by atoms with Crippen LogP contribution in [0.4, 0.5) is 0 Å². The fourth-order valence-corrected chi connectivity index (χ4v) is 8.09. The zero-order valence-corrected chi connectivity index (χ0v) is 25.1. The number of sulfonamides is 1. The second-order valence-electron chi connectivity index (χ2n) is 10.3. The molecule has 7 nitrogen and oxygen atoms in total. The number of fused-ring (bicyclic) bond motifs is 1. The number of ether oxygens (including phenoxy) is 1. The van der Waals surface area contributed by atoms with Gasteiger partial charge >= 0.3 is 0 Å². The van der Waals surface area contributed by atoms with Crippen LogP contribution in [-0.2, 0) is 27.1 Å². The first kappa shape index (κ1) is 29.1. The van der Waals surface area contributed by atoms with Gasteiger partial charge in [-0.05, 0) is 52.6 Å². The van der Waals surface area contributed by atoms with Crippen LogP contribution < -0.4 is 4.74 Å². The molecule has 1 aliphatic rings. The number of amides is 1. The average molecular weight is 590 g/mol. The molecule has 1 saturated heterocycles. The summed E-state index contributed by atoms with van der Waals surface area (Å²) in [6.45, 7) is 0.797. The maximum absolute atomic E-state index is 14.1. The van der Waals surface area contributed by atoms with Crippen LogP contribution in [0.15, 0.2) is 102 Å². The molecule has 4 aromatic rings. The van der Waals surface area contributed by atoms with Gasteiger partial charge < -0.3 is 4.74 Å². The second kappa shape index (κ2) is 12.7. The Bertz CT molecular complexity index is 1600. The first-order valence-electron chi connectivity index (χ1n) is 13.5. The summed E-state index contributed by atoms with van der Waals surface area (Å²) < 4.78 is 34.8. The Kier molecular flexibility index (Phi) is 8.99. The molecule has 5 rings (SSSR count). The Morgan fingerprint density at radius 1 is 0.902 bits per heavy atom. The third-order valence-corrected chi connectivity index (χ3v) is 10.7. The molecule has 0 N–H and O–H groups in total. The van der Waals surface area contributed by atoms with Crippen molar-refractivity contribution in [3.05, 3.63) is 108 Å². The molecule has 0 aromatic heterocycles. The molecule has 1 heterocycles. The van der Waals surface area contributed by atoms with E-state index < -0.39 is 16.1 Å². The molecule has 0 radical (unpaired) electrons. The van der Waals surface area contributed by atoms with Crippen molar-refractivity contribution in [1.29, 1.82) is 0 Å². The number of benzene rings is 4. The summed E-state index contributed by atoms with van der Waals surface area (Å²) in [7, 11) is 1.26. The Hall–Kier alpha value is -3.37. The fraction of sp³-hybridized carbons (Fsp3) is 0.281. The SMILES string of the molecule is COc1ccc(CS[C@@H]2C[C@@H](C(=O)N(C)N(C)Cc3ccccc3)N(S(=O)(=O)c3ccc4ccccc4c3)C2)cc1. The Labute approximate surface area is 246 Å². The van der Waals surface area contributed by atoms with E-state index in [-0.39, 0.29) is 22.6 Å². The van der Waals surface area contributed by atoms with Crippen molar-refractivity contribution in [3.63, 3.8) is 0 Å². The fourth-order valence-electron chi connectivity index (χ4n) is 5.12. The molecular formula is C32H35N3O4S2. The van der Waals surface area contributed by atoms with Gasteiger partial charge in [-0.3, -0.25) is 9.80 Å². The number of thioether (sulfide) groups is 1. The molecule has 0 bridgehead atoms. The van der Waals surface area contributed by atoms with E-state index in [0.29, 0.717) is 18.7 Å². The first-order valence-corrected chi connectivity index (χ1v) is 16.0. The van der Waals surface area contributed by atoms with Gasteiger partial charge in [0.15, 0.2) is 0 Å². The molecule has 9 heteroatoms. The molecule has 4 aromatic carbocycles. The Morgan fingerprint density at radius 2 is 1.59 bits per heavy atom. The average Bonchev–Trinajstić information content (AvgIpc) is 3.45. The van der Waals surface area contributed by atoms with Crippen molar-refractivity contribution in [2.45, 2.75) is 34.9 Å². The molecule has 0 spiro atoms. The van der Waals surface area contributed by atoms with Crippen molar-refractivity contribution >= 4 is 38.5 Å². The van der Waals surface area contributed by atoms with Crippen molar-refractivity contribution in [3.8, 4) is 5.75 Å². The van der Waals surface area contributed by atoms with Crippen molar-refractivity contribution in [2.75, 3.05) is 27.7 Å². The van der Waals surface area contributed by atoms with E-state index in [1.165, 1.54) is 4.31 Å². The summed E-state index contributed by atoms with van der Waals surface area (Å²) in [6, 6.07) is 29.8. The van der Waals surface area contributed by atoms with Gasteiger partial charge in [-0.2, -0.15) is 16.1 Å². The second-order valence-corrected chi connectivity index (χ2v) is 13.5. The third-order valence-electron chi connectivity index (χ3n) is 7.56. The number of likely N-dealkylation sites (N-methyl/N-ethyl adjacent to an activating group) is 1. The normalized spacial score (nSPS) is 17.7. The first-order chi connectivity index (χ1) is 19.8. The molecule has 0 aliphatic carbocycles. The molecule has 0 saturated carbocycles. The number of hydrogen-bond donors (Lipinski definition) is 0. The van der Waals surface area contributed by atoms with Crippen LogP contribution in [0.2, 0.25) is 0 Å². The quantitative estimate of drug-likeness (QED) is 0.230. The van der Waals surface area contributed by atoms with Crippen LogP contribution in [0.5, 0.6) is 5.75 Å². The van der Waals surface area contributed by atoms with E-state index in [1.54, 1.807) is 43.1 Å². The number of hydrogen-bond acceptors (Lipinski definition) is 6. The minimum absolute atomic E-state index is 0.0332. The predicted molar refractivity (Wildman–Crippen MR) is 165 cm³/mol. The van der Waals surface area contributed by atoms with Gasteiger partial charge in [0.25, 0.3) is 5.91 Å². The van der Waals surface area contributed by atoms with Crippen LogP contribution in [0, 0.1) is 0 Å². The van der Waals surface area contributed by atoms with E-state index >= 15 is 0 Å². The van der Waals surface area contributed by atoms with E-state index in [4.69, 9.17) is 4.74 Å². The molecule has 41 heavy (non-hydrogen) atoms. The smallest absolute Gasteiger partial charge is 0.255 e. The van der Waals surface area contributed by atoms with E-state index in [2.05, 4.69) is 0 Å². The van der Waals surface area contributed by atoms with Gasteiger partial charge in [0.05, 0.1) is 12.0 Å². The highest BCUT2D eigenvalue weighted by molar-refractivity contribution is 7.99. The van der Waals surface area contributed by atoms with Gasteiger partial charge in [-0.1, -0.05) is 72.8 Å². The van der Waals surface area contributed by atoms with Gasteiger partial charge in [0.1, 0.15) is 11.8 Å². The highest BCUT2D eigenvalue weighted by atomic mass is 32.2. The van der Waals surface area contributed by atoms with Gasteiger partial charge in [-0.15, -0.1) is 0 Å². The monoisotopic (exact) mass is 589 g/mol. The van der Waals surface area contributed by atoms with Gasteiger partial charge in [0.2, 0.25) is 10.0 Å². The zero-order chi connectivity index (χ0) is 29.0. The van der Waals surface area contributed by atoms with Crippen molar-refractivity contribution in [1.82, 2.24) is 14.3 Å². The molecule has 1 fully saturated rings. The minimum Gasteiger partial charge on any atom is -0.497 e.